The fourth-order valence-corrected chi connectivity index (χ4v) is 4.08. The van der Waals surface area contributed by atoms with Gasteiger partial charge in [-0.25, -0.2) is 0 Å². The van der Waals surface area contributed by atoms with E-state index in [0.717, 1.165) is 19.3 Å². The number of ether oxygens (including phenoxy) is 2. The fraction of sp³-hybridized carbons (Fsp3) is 0.880. The minimum atomic E-state index is -0.982. The smallest absolute Gasteiger partial charge is 0.305 e. The van der Waals surface area contributed by atoms with Gasteiger partial charge in [0.2, 0.25) is 11.8 Å². The first-order valence-corrected chi connectivity index (χ1v) is 12.2. The Morgan fingerprint density at radius 3 is 2.27 bits per heavy atom. The van der Waals surface area contributed by atoms with E-state index in [9.17, 15) is 19.5 Å². The fourth-order valence-electron chi connectivity index (χ4n) is 4.08. The van der Waals surface area contributed by atoms with Gasteiger partial charge in [0.25, 0.3) is 0 Å². The van der Waals surface area contributed by atoms with Gasteiger partial charge in [0, 0.05) is 23.9 Å². The van der Waals surface area contributed by atoms with Crippen LogP contribution in [0.15, 0.2) is 0 Å². The zero-order valence-corrected chi connectivity index (χ0v) is 21.9. The summed E-state index contributed by atoms with van der Waals surface area (Å²) in [5.74, 6) is -2.23. The topological polar surface area (TPSA) is 114 Å². The van der Waals surface area contributed by atoms with Crippen molar-refractivity contribution in [3.63, 3.8) is 0 Å². The standard InChI is InChI=1S/C25H46N2O6/c1-9-10-13-18(23(2,3)4)21(30)26-14-11-12-17(15-19(28)29)27-22(31)20-24(5,6)16-32-25(7,8)33-20/h17-18,20H,9-16H2,1-8H3,(H,26,30)(H,27,31)(H,28,29). The molecule has 0 aromatic carbocycles. The highest BCUT2D eigenvalue weighted by Gasteiger charge is 2.46. The van der Waals surface area contributed by atoms with Crippen molar-refractivity contribution in [2.45, 2.75) is 112 Å². The summed E-state index contributed by atoms with van der Waals surface area (Å²) in [5.41, 5.74) is -0.662. The van der Waals surface area contributed by atoms with Crippen molar-refractivity contribution in [2.75, 3.05) is 13.2 Å². The van der Waals surface area contributed by atoms with Gasteiger partial charge in [0.1, 0.15) is 6.10 Å². The van der Waals surface area contributed by atoms with Crippen molar-refractivity contribution in [2.24, 2.45) is 16.7 Å². The first-order chi connectivity index (χ1) is 15.1. The molecule has 0 saturated carbocycles. The number of unbranched alkanes of at least 4 members (excludes halogenated alkanes) is 1. The lowest BCUT2D eigenvalue weighted by Crippen LogP contribution is -2.57. The van der Waals surface area contributed by atoms with Crippen molar-refractivity contribution < 1.29 is 29.0 Å². The van der Waals surface area contributed by atoms with E-state index in [4.69, 9.17) is 9.47 Å². The van der Waals surface area contributed by atoms with Gasteiger partial charge in [-0.15, -0.1) is 0 Å². The van der Waals surface area contributed by atoms with E-state index in [1.807, 2.05) is 13.8 Å². The summed E-state index contributed by atoms with van der Waals surface area (Å²) < 4.78 is 11.5. The molecular formula is C25H46N2O6. The maximum absolute atomic E-state index is 13.0. The molecule has 3 N–H and O–H groups in total. The second-order valence-electron chi connectivity index (χ2n) is 11.5. The highest BCUT2D eigenvalue weighted by Crippen LogP contribution is 2.35. The van der Waals surface area contributed by atoms with Crippen LogP contribution in [0.25, 0.3) is 0 Å². The molecule has 0 bridgehead atoms. The van der Waals surface area contributed by atoms with Gasteiger partial charge in [-0.1, -0.05) is 54.4 Å². The summed E-state index contributed by atoms with van der Waals surface area (Å²) in [4.78, 5) is 37.1. The molecule has 3 unspecified atom stereocenters. The SMILES string of the molecule is CCCCC(C(=O)NCCCC(CC(=O)O)NC(=O)C1OC(C)(C)OCC1(C)C)C(C)(C)C. The third-order valence-corrected chi connectivity index (χ3v) is 6.15. The molecular weight excluding hydrogens is 424 g/mol. The number of aliphatic carboxylic acids is 1. The Balaban J connectivity index is 2.67. The summed E-state index contributed by atoms with van der Waals surface area (Å²) in [6.45, 7) is 16.4. The number of carboxylic acids is 1. The van der Waals surface area contributed by atoms with E-state index in [0.29, 0.717) is 26.0 Å². The highest BCUT2D eigenvalue weighted by molar-refractivity contribution is 5.82. The molecule has 1 aliphatic rings. The first kappa shape index (κ1) is 29.4. The Hall–Kier alpha value is -1.67. The first-order valence-electron chi connectivity index (χ1n) is 12.2. The summed E-state index contributed by atoms with van der Waals surface area (Å²) in [7, 11) is 0. The molecule has 192 valence electrons. The zero-order chi connectivity index (χ0) is 25.4. The minimum absolute atomic E-state index is 0.0364. The second-order valence-corrected chi connectivity index (χ2v) is 11.5. The molecule has 1 fully saturated rings. The van der Waals surface area contributed by atoms with Crippen LogP contribution >= 0.6 is 0 Å². The van der Waals surface area contributed by atoms with Gasteiger partial charge in [-0.2, -0.15) is 0 Å². The lowest BCUT2D eigenvalue weighted by atomic mass is 9.77. The average molecular weight is 471 g/mol. The summed E-state index contributed by atoms with van der Waals surface area (Å²) >= 11 is 0. The summed E-state index contributed by atoms with van der Waals surface area (Å²) in [6.07, 6.45) is 2.97. The van der Waals surface area contributed by atoms with Crippen molar-refractivity contribution in [1.82, 2.24) is 10.6 Å². The third-order valence-electron chi connectivity index (χ3n) is 6.15. The third kappa shape index (κ3) is 10.0. The van der Waals surface area contributed by atoms with Crippen LogP contribution in [0.4, 0.5) is 0 Å². The Labute approximate surface area is 199 Å². The molecule has 3 atom stereocenters. The number of carbonyl (C=O) groups excluding carboxylic acids is 2. The molecule has 1 saturated heterocycles. The van der Waals surface area contributed by atoms with Gasteiger partial charge < -0.3 is 25.2 Å². The number of rotatable bonds is 12. The van der Waals surface area contributed by atoms with Gasteiger partial charge >= 0.3 is 5.97 Å². The van der Waals surface area contributed by atoms with E-state index >= 15 is 0 Å². The van der Waals surface area contributed by atoms with Crippen LogP contribution in [0, 0.1) is 16.7 Å². The molecule has 1 rings (SSSR count). The van der Waals surface area contributed by atoms with E-state index in [1.165, 1.54) is 0 Å². The monoisotopic (exact) mass is 470 g/mol. The van der Waals surface area contributed by atoms with Crippen LogP contribution in [0.3, 0.4) is 0 Å². The average Bonchev–Trinajstić information content (AvgIpc) is 2.66. The van der Waals surface area contributed by atoms with Crippen LogP contribution in [0.1, 0.15) is 93.9 Å². The number of nitrogens with one attached hydrogen (secondary N) is 2. The van der Waals surface area contributed by atoms with Crippen molar-refractivity contribution in [1.29, 1.82) is 0 Å². The highest BCUT2D eigenvalue weighted by atomic mass is 16.7. The van der Waals surface area contributed by atoms with E-state index in [-0.39, 0.29) is 29.6 Å². The molecule has 1 aliphatic heterocycles. The predicted octanol–water partition coefficient (Wildman–Crippen LogP) is 3.87. The van der Waals surface area contributed by atoms with Gasteiger partial charge in [0.15, 0.2) is 5.79 Å². The maximum atomic E-state index is 13.0. The van der Waals surface area contributed by atoms with Crippen LogP contribution in [0.5, 0.6) is 0 Å². The van der Waals surface area contributed by atoms with Crippen molar-refractivity contribution >= 4 is 17.8 Å². The number of carbonyl (C=O) groups is 3. The Bertz CT molecular complexity index is 668. The molecule has 8 heteroatoms. The number of carboxylic acid groups (broad SMARTS) is 1. The maximum Gasteiger partial charge on any atom is 0.305 e. The summed E-state index contributed by atoms with van der Waals surface area (Å²) in [6, 6.07) is -0.546. The Kier molecular flexibility index (Phi) is 10.8. The molecule has 0 spiro atoms. The lowest BCUT2D eigenvalue weighted by molar-refractivity contribution is -0.304. The molecule has 0 aromatic heterocycles. The molecule has 1 heterocycles. The van der Waals surface area contributed by atoms with Crippen molar-refractivity contribution in [3.05, 3.63) is 0 Å². The quantitative estimate of drug-likeness (QED) is 0.373. The van der Waals surface area contributed by atoms with Gasteiger partial charge in [-0.3, -0.25) is 14.4 Å². The molecule has 33 heavy (non-hydrogen) atoms. The van der Waals surface area contributed by atoms with E-state index in [1.54, 1.807) is 13.8 Å². The van der Waals surface area contributed by atoms with Gasteiger partial charge in [-0.05, 0) is 38.5 Å². The minimum Gasteiger partial charge on any atom is -0.481 e. The summed E-state index contributed by atoms with van der Waals surface area (Å²) in [5, 5.41) is 15.2. The lowest BCUT2D eigenvalue weighted by Gasteiger charge is -2.45. The van der Waals surface area contributed by atoms with Crippen LogP contribution < -0.4 is 10.6 Å². The second kappa shape index (κ2) is 12.2. The molecule has 0 radical (unpaired) electrons. The zero-order valence-electron chi connectivity index (χ0n) is 21.9. The molecule has 2 amide bonds. The van der Waals surface area contributed by atoms with Gasteiger partial charge in [0.05, 0.1) is 13.0 Å². The normalized spacial score (nSPS) is 21.6. The van der Waals surface area contributed by atoms with Crippen LogP contribution in [-0.4, -0.2) is 54.0 Å². The number of hydrogen-bond donors (Lipinski definition) is 3. The molecule has 0 aliphatic carbocycles. The van der Waals surface area contributed by atoms with Crippen molar-refractivity contribution in [3.8, 4) is 0 Å². The van der Waals surface area contributed by atoms with E-state index < -0.39 is 29.3 Å². The van der Waals surface area contributed by atoms with E-state index in [2.05, 4.69) is 38.3 Å². The predicted molar refractivity (Wildman–Crippen MR) is 128 cm³/mol. The van der Waals surface area contributed by atoms with Crippen LogP contribution in [0.2, 0.25) is 0 Å². The molecule has 8 nitrogen and oxygen atoms in total. The Morgan fingerprint density at radius 1 is 1.09 bits per heavy atom. The number of amides is 2. The number of hydrogen-bond acceptors (Lipinski definition) is 5. The van der Waals surface area contributed by atoms with Crippen LogP contribution in [-0.2, 0) is 23.9 Å². The molecule has 0 aromatic rings. The Morgan fingerprint density at radius 2 is 1.73 bits per heavy atom. The largest absolute Gasteiger partial charge is 0.481 e.